The minimum atomic E-state index is -0.594. The second-order valence-electron chi connectivity index (χ2n) is 4.89. The molecule has 1 unspecified atom stereocenters. The van der Waals surface area contributed by atoms with Gasteiger partial charge >= 0.3 is 0 Å². The summed E-state index contributed by atoms with van der Waals surface area (Å²) >= 11 is 1.38. The van der Waals surface area contributed by atoms with Crippen LogP contribution >= 0.6 is 11.3 Å². The molecule has 0 aliphatic rings. The van der Waals surface area contributed by atoms with E-state index in [-0.39, 0.29) is 5.91 Å². The maximum atomic E-state index is 12.0. The van der Waals surface area contributed by atoms with Gasteiger partial charge in [-0.1, -0.05) is 55.5 Å². The lowest BCUT2D eigenvalue weighted by Crippen LogP contribution is -2.37. The quantitative estimate of drug-likeness (QED) is 0.884. The van der Waals surface area contributed by atoms with E-state index >= 15 is 0 Å². The van der Waals surface area contributed by atoms with Crippen LogP contribution < -0.4 is 11.1 Å². The van der Waals surface area contributed by atoms with Crippen LogP contribution in [0.3, 0.4) is 0 Å². The molecule has 1 atom stereocenters. The highest BCUT2D eigenvalue weighted by Crippen LogP contribution is 2.22. The largest absolute Gasteiger partial charge is 0.320 e. The number of hydrogen-bond donors (Lipinski definition) is 2. The Morgan fingerprint density at radius 2 is 2.00 bits per heavy atom. The molecule has 0 saturated carbocycles. The molecule has 1 aromatic carbocycles. The number of carbonyl (C=O) groups excluding carboxylic acids is 1. The summed E-state index contributed by atoms with van der Waals surface area (Å²) < 4.78 is 0. The third-order valence-corrected chi connectivity index (χ3v) is 3.94. The molecule has 106 valence electrons. The van der Waals surface area contributed by atoms with E-state index in [4.69, 9.17) is 5.73 Å². The first-order chi connectivity index (χ1) is 9.56. The molecule has 20 heavy (non-hydrogen) atoms. The summed E-state index contributed by atoms with van der Waals surface area (Å²) in [6.07, 6.45) is 0.502. The van der Waals surface area contributed by atoms with Crippen molar-refractivity contribution in [2.75, 3.05) is 5.32 Å². The molecular weight excluding hydrogens is 272 g/mol. The lowest BCUT2D eigenvalue weighted by Gasteiger charge is -2.10. The van der Waals surface area contributed by atoms with E-state index in [1.165, 1.54) is 11.3 Å². The molecule has 1 heterocycles. The van der Waals surface area contributed by atoms with Gasteiger partial charge in [0, 0.05) is 5.92 Å². The molecule has 0 saturated heterocycles. The Morgan fingerprint density at radius 3 is 2.60 bits per heavy atom. The third-order valence-electron chi connectivity index (χ3n) is 2.80. The average Bonchev–Trinajstić information content (AvgIpc) is 2.88. The topological polar surface area (TPSA) is 80.9 Å². The number of nitrogens with zero attached hydrogens (tertiary/aromatic N) is 2. The molecule has 1 amide bonds. The average molecular weight is 290 g/mol. The van der Waals surface area contributed by atoms with Crippen molar-refractivity contribution in [2.45, 2.75) is 32.2 Å². The SMILES string of the molecule is CC(C)c1nnc(NC(=O)C(N)Cc2ccccc2)s1. The minimum absolute atomic E-state index is 0.236. The van der Waals surface area contributed by atoms with Gasteiger partial charge < -0.3 is 5.73 Å². The Bertz CT molecular complexity index is 568. The van der Waals surface area contributed by atoms with Crippen LogP contribution in [0.5, 0.6) is 0 Å². The first-order valence-corrected chi connectivity index (χ1v) is 7.31. The summed E-state index contributed by atoms with van der Waals surface area (Å²) in [7, 11) is 0. The first kappa shape index (κ1) is 14.6. The Hall–Kier alpha value is -1.79. The molecule has 2 aromatic rings. The van der Waals surface area contributed by atoms with Gasteiger partial charge in [0.1, 0.15) is 5.01 Å². The van der Waals surface area contributed by atoms with E-state index in [1.54, 1.807) is 0 Å². The van der Waals surface area contributed by atoms with E-state index in [2.05, 4.69) is 15.5 Å². The van der Waals surface area contributed by atoms with E-state index < -0.39 is 6.04 Å². The van der Waals surface area contributed by atoms with Crippen LogP contribution in [0.15, 0.2) is 30.3 Å². The van der Waals surface area contributed by atoms with Crippen molar-refractivity contribution in [3.05, 3.63) is 40.9 Å². The smallest absolute Gasteiger partial charge is 0.243 e. The summed E-state index contributed by atoms with van der Waals surface area (Å²) in [5.41, 5.74) is 6.95. The highest BCUT2D eigenvalue weighted by molar-refractivity contribution is 7.15. The van der Waals surface area contributed by atoms with E-state index in [9.17, 15) is 4.79 Å². The van der Waals surface area contributed by atoms with E-state index in [0.717, 1.165) is 10.6 Å². The molecular formula is C14H18N4OS. The molecule has 0 bridgehead atoms. The second-order valence-corrected chi connectivity index (χ2v) is 5.89. The summed E-state index contributed by atoms with van der Waals surface area (Å²) in [5.74, 6) is 0.0662. The molecule has 0 fully saturated rings. The van der Waals surface area contributed by atoms with Crippen molar-refractivity contribution >= 4 is 22.4 Å². The monoisotopic (exact) mass is 290 g/mol. The first-order valence-electron chi connectivity index (χ1n) is 6.50. The van der Waals surface area contributed by atoms with Gasteiger partial charge in [0.05, 0.1) is 6.04 Å². The lowest BCUT2D eigenvalue weighted by atomic mass is 10.1. The molecule has 0 radical (unpaired) electrons. The van der Waals surface area contributed by atoms with Crippen LogP contribution in [0.2, 0.25) is 0 Å². The van der Waals surface area contributed by atoms with Crippen molar-refractivity contribution in [2.24, 2.45) is 5.73 Å². The van der Waals surface area contributed by atoms with Gasteiger partial charge in [-0.2, -0.15) is 0 Å². The summed E-state index contributed by atoms with van der Waals surface area (Å²) in [5, 5.41) is 12.1. The molecule has 0 aliphatic carbocycles. The molecule has 1 aromatic heterocycles. The number of nitrogens with two attached hydrogens (primary N) is 1. The molecule has 6 heteroatoms. The highest BCUT2D eigenvalue weighted by atomic mass is 32.1. The van der Waals surface area contributed by atoms with Crippen LogP contribution in [-0.2, 0) is 11.2 Å². The van der Waals surface area contributed by atoms with Crippen molar-refractivity contribution < 1.29 is 4.79 Å². The van der Waals surface area contributed by atoms with Gasteiger partial charge in [0.15, 0.2) is 0 Å². The fraction of sp³-hybridized carbons (Fsp3) is 0.357. The van der Waals surface area contributed by atoms with Crippen molar-refractivity contribution in [1.82, 2.24) is 10.2 Å². The number of rotatable bonds is 5. The number of anilines is 1. The fourth-order valence-electron chi connectivity index (χ4n) is 1.68. The predicted octanol–water partition coefficient (Wildman–Crippen LogP) is 2.17. The van der Waals surface area contributed by atoms with E-state index in [0.29, 0.717) is 17.5 Å². The molecule has 0 aliphatic heterocycles. The lowest BCUT2D eigenvalue weighted by molar-refractivity contribution is -0.117. The summed E-state index contributed by atoms with van der Waals surface area (Å²) in [6.45, 7) is 4.07. The fourth-order valence-corrected chi connectivity index (χ4v) is 2.43. The number of nitrogens with one attached hydrogen (secondary N) is 1. The number of benzene rings is 1. The Balaban J connectivity index is 1.93. The molecule has 2 rings (SSSR count). The number of hydrogen-bond acceptors (Lipinski definition) is 5. The molecule has 3 N–H and O–H groups in total. The molecule has 0 spiro atoms. The normalized spacial score (nSPS) is 12.4. The second kappa shape index (κ2) is 6.58. The van der Waals surface area contributed by atoms with Gasteiger partial charge in [-0.25, -0.2) is 0 Å². The van der Waals surface area contributed by atoms with Gasteiger partial charge in [-0.05, 0) is 12.0 Å². The standard InChI is InChI=1S/C14H18N4OS/c1-9(2)13-17-18-14(20-13)16-12(19)11(15)8-10-6-4-3-5-7-10/h3-7,9,11H,8,15H2,1-2H3,(H,16,18,19). The van der Waals surface area contributed by atoms with Crippen LogP contribution in [0.25, 0.3) is 0 Å². The van der Waals surface area contributed by atoms with Crippen LogP contribution in [-0.4, -0.2) is 22.1 Å². The Kier molecular flexibility index (Phi) is 4.81. The number of carbonyl (C=O) groups is 1. The van der Waals surface area contributed by atoms with Crippen LogP contribution in [0.4, 0.5) is 5.13 Å². The van der Waals surface area contributed by atoms with Crippen molar-refractivity contribution in [1.29, 1.82) is 0 Å². The van der Waals surface area contributed by atoms with Crippen LogP contribution in [0, 0.1) is 0 Å². The zero-order valence-electron chi connectivity index (χ0n) is 11.5. The zero-order chi connectivity index (χ0) is 14.5. The molecule has 5 nitrogen and oxygen atoms in total. The third kappa shape index (κ3) is 3.85. The highest BCUT2D eigenvalue weighted by Gasteiger charge is 2.16. The van der Waals surface area contributed by atoms with Crippen molar-refractivity contribution in [3.8, 4) is 0 Å². The van der Waals surface area contributed by atoms with Gasteiger partial charge in [-0.15, -0.1) is 10.2 Å². The van der Waals surface area contributed by atoms with Crippen molar-refractivity contribution in [3.63, 3.8) is 0 Å². The van der Waals surface area contributed by atoms with Gasteiger partial charge in [-0.3, -0.25) is 10.1 Å². The maximum absolute atomic E-state index is 12.0. The van der Waals surface area contributed by atoms with Gasteiger partial charge in [0.2, 0.25) is 11.0 Å². The summed E-state index contributed by atoms with van der Waals surface area (Å²) in [6, 6.07) is 9.11. The Labute approximate surface area is 122 Å². The Morgan fingerprint density at radius 1 is 1.30 bits per heavy atom. The number of aromatic nitrogens is 2. The van der Waals surface area contributed by atoms with Gasteiger partial charge in [0.25, 0.3) is 0 Å². The number of amides is 1. The van der Waals surface area contributed by atoms with E-state index in [1.807, 2.05) is 44.2 Å². The van der Waals surface area contributed by atoms with Crippen LogP contribution in [0.1, 0.15) is 30.3 Å². The minimum Gasteiger partial charge on any atom is -0.320 e. The summed E-state index contributed by atoms with van der Waals surface area (Å²) in [4.78, 5) is 12.0. The maximum Gasteiger partial charge on any atom is 0.243 e. The predicted molar refractivity (Wildman–Crippen MR) is 80.7 cm³/mol. The zero-order valence-corrected chi connectivity index (χ0v) is 12.4.